The lowest BCUT2D eigenvalue weighted by atomic mass is 9.79. The molecule has 0 unspecified atom stereocenters. The van der Waals surface area contributed by atoms with E-state index in [-0.39, 0.29) is 44.0 Å². The smallest absolute Gasteiger partial charge is 0.335 e. The van der Waals surface area contributed by atoms with Crippen LogP contribution < -0.4 is 0 Å². The summed E-state index contributed by atoms with van der Waals surface area (Å²) in [5.74, 6) is -8.17. The summed E-state index contributed by atoms with van der Waals surface area (Å²) >= 11 is 0. The first-order valence-electron chi connectivity index (χ1n) is 28.1. The Morgan fingerprint density at radius 1 is 0.831 bits per heavy atom. The summed E-state index contributed by atoms with van der Waals surface area (Å²) in [6.07, 6.45) is -13.0. The SMILES string of the molecule is CC[C@H]1OC(=O)C[C@@H](O)[C@H](C)[C@@H](O[C@H]2O[C@H](C)[C@@H](O[C@H]3C[C@@](C)(O)[C@@H](OC(C)=O)[C@H](C)O3)[C@H](N(C)C)[C@H]2O)[C@@H](CC=O)C[C@@H](C)C(=O)/C=C/C(C)=C/[C@@H]1CO[C@@H]1O[C@H](C)[C@@H](OC(=O)CC(C)C)[C@@H](OC)[C@H]1OC.O=C(O)[C@H](O)[C@@H](O)C(=O)O. The number of ketones is 1. The third-order valence-corrected chi connectivity index (χ3v) is 15.3. The highest BCUT2D eigenvalue weighted by molar-refractivity contribution is 5.91. The van der Waals surface area contributed by atoms with Gasteiger partial charge in [-0.05, 0) is 79.5 Å². The van der Waals surface area contributed by atoms with Crippen LogP contribution in [0.1, 0.15) is 115 Å². The molecule has 0 bridgehead atoms. The van der Waals surface area contributed by atoms with Crippen LogP contribution in [-0.2, 0) is 85.7 Å². The van der Waals surface area contributed by atoms with Crippen molar-refractivity contribution in [2.24, 2.45) is 29.6 Å². The zero-order valence-electron chi connectivity index (χ0n) is 50.5. The van der Waals surface area contributed by atoms with E-state index in [1.54, 1.807) is 66.6 Å². The maximum absolute atomic E-state index is 14.0. The predicted octanol–water partition coefficient (Wildman–Crippen LogP) is 1.88. The van der Waals surface area contributed by atoms with E-state index in [9.17, 15) is 48.9 Å². The molecule has 4 aliphatic heterocycles. The molecule has 3 fully saturated rings. The van der Waals surface area contributed by atoms with Crippen LogP contribution in [0.2, 0.25) is 0 Å². The van der Waals surface area contributed by atoms with Gasteiger partial charge in [-0.3, -0.25) is 19.2 Å². The number of carbonyl (C=O) groups excluding carboxylic acids is 5. The van der Waals surface area contributed by atoms with Gasteiger partial charge in [0.05, 0.1) is 49.6 Å². The minimum atomic E-state index is -2.27. The number of cyclic esters (lactones) is 1. The standard InChI is InChI=1S/C53H87NO19.C4H6O6/c1-16-39-36(26-65-52-49(64-15)48(63-14)47(32(8)68-52)71-40(59)21-27(2)3)22-28(4)17-18-37(57)29(5)23-35(19-20-55)45(30(6)38(58)24-41(60)70-39)73-51-44(61)43(54(12)13)46(31(7)67-51)72-42-25-53(11,62)50(33(9)66-42)69-34(10)56;5-1(3(7)8)2(6)4(9)10/h17-18,20,22,27,29-33,35-36,38-39,42-52,58,61-62H,16,19,21,23-26H2,1-15H3;1-2,5-6H,(H,7,8)(H,9,10)/b18-17+,28-22+;/t29-,30+,31-,32-,33+,35+,36-,38-,39-,42+,43-,44-,45-,46-,47-,48-,49-,50+,51-,52-,53-;1-,2-/m11/s1. The van der Waals surface area contributed by atoms with Gasteiger partial charge in [-0.15, -0.1) is 0 Å². The van der Waals surface area contributed by atoms with Crippen molar-refractivity contribution in [2.45, 2.75) is 231 Å². The lowest BCUT2D eigenvalue weighted by Gasteiger charge is -2.50. The Bertz CT molecular complexity index is 2150. The number of aldehydes is 1. The van der Waals surface area contributed by atoms with Crippen molar-refractivity contribution in [3.63, 3.8) is 0 Å². The molecular weight excluding hydrogens is 1100 g/mol. The minimum absolute atomic E-state index is 0.0405. The number of carbonyl (C=O) groups is 7. The molecule has 7 N–H and O–H groups in total. The molecule has 4 aliphatic rings. The van der Waals surface area contributed by atoms with Crippen LogP contribution in [0.5, 0.6) is 0 Å². The van der Waals surface area contributed by atoms with Crippen molar-refractivity contribution in [2.75, 3.05) is 34.9 Å². The number of nitrogens with zero attached hydrogens (tertiary/aromatic N) is 1. The van der Waals surface area contributed by atoms with E-state index in [0.29, 0.717) is 18.3 Å². The second-order valence-electron chi connectivity index (χ2n) is 23.0. The summed E-state index contributed by atoms with van der Waals surface area (Å²) in [5, 5.41) is 67.9. The van der Waals surface area contributed by atoms with E-state index in [4.69, 9.17) is 72.5 Å². The zero-order chi connectivity index (χ0) is 63.0. The first-order chi connectivity index (χ1) is 38.7. The van der Waals surface area contributed by atoms with Gasteiger partial charge >= 0.3 is 29.8 Å². The van der Waals surface area contributed by atoms with Crippen LogP contribution in [0.3, 0.4) is 0 Å². The fraction of sp³-hybridized carbons (Fsp3) is 0.807. The number of aliphatic hydroxyl groups is 5. The lowest BCUT2D eigenvalue weighted by molar-refractivity contribution is -0.342. The highest BCUT2D eigenvalue weighted by Gasteiger charge is 2.53. The average molecular weight is 1190 g/mol. The predicted molar refractivity (Wildman–Crippen MR) is 290 cm³/mol. The van der Waals surface area contributed by atoms with Crippen molar-refractivity contribution >= 4 is 41.9 Å². The van der Waals surface area contributed by atoms with E-state index < -0.39 is 176 Å². The van der Waals surface area contributed by atoms with Gasteiger partial charge in [0.1, 0.15) is 42.4 Å². The molecule has 476 valence electrons. The molecule has 26 heteroatoms. The van der Waals surface area contributed by atoms with Gasteiger partial charge in [0.15, 0.2) is 49.1 Å². The molecule has 26 nitrogen and oxygen atoms in total. The van der Waals surface area contributed by atoms with Crippen LogP contribution in [0, 0.1) is 29.6 Å². The summed E-state index contributed by atoms with van der Waals surface area (Å²) in [5.41, 5.74) is -0.840. The molecule has 4 rings (SSSR count). The molecular formula is C57H93NO25. The van der Waals surface area contributed by atoms with Crippen LogP contribution >= 0.6 is 0 Å². The normalized spacial score (nSPS) is 38.5. The highest BCUT2D eigenvalue weighted by Crippen LogP contribution is 2.38. The van der Waals surface area contributed by atoms with Crippen LogP contribution in [0.25, 0.3) is 0 Å². The number of likely N-dealkylation sites (N-methyl/N-ethyl adjacent to an activating group) is 1. The molecule has 0 aliphatic carbocycles. The van der Waals surface area contributed by atoms with Crippen LogP contribution in [0.4, 0.5) is 0 Å². The fourth-order valence-corrected chi connectivity index (χ4v) is 10.9. The molecule has 0 radical (unpaired) electrons. The maximum Gasteiger partial charge on any atom is 0.335 e. The van der Waals surface area contributed by atoms with Crippen LogP contribution in [0.15, 0.2) is 23.8 Å². The molecule has 0 aromatic carbocycles. The van der Waals surface area contributed by atoms with E-state index in [0.717, 1.165) is 0 Å². The quantitative estimate of drug-likeness (QED) is 0.0520. The number of carboxylic acids is 2. The summed E-state index contributed by atoms with van der Waals surface area (Å²) in [4.78, 5) is 86.0. The minimum Gasteiger partial charge on any atom is -0.479 e. The second kappa shape index (κ2) is 33.5. The molecule has 23 atom stereocenters. The van der Waals surface area contributed by atoms with Gasteiger partial charge in [-0.2, -0.15) is 0 Å². The lowest BCUT2D eigenvalue weighted by Crippen LogP contribution is -2.65. The van der Waals surface area contributed by atoms with Gasteiger partial charge in [-0.1, -0.05) is 52.3 Å². The Morgan fingerprint density at radius 3 is 1.94 bits per heavy atom. The molecule has 4 heterocycles. The first-order valence-corrected chi connectivity index (χ1v) is 28.1. The molecule has 0 spiro atoms. The first kappa shape index (κ1) is 72.9. The van der Waals surface area contributed by atoms with E-state index in [1.807, 2.05) is 26.8 Å². The molecule has 83 heavy (non-hydrogen) atoms. The van der Waals surface area contributed by atoms with Crippen molar-refractivity contribution in [1.29, 1.82) is 0 Å². The second-order valence-corrected chi connectivity index (χ2v) is 23.0. The number of hydrogen-bond donors (Lipinski definition) is 7. The van der Waals surface area contributed by atoms with Gasteiger partial charge in [0, 0.05) is 58.2 Å². The van der Waals surface area contributed by atoms with Crippen LogP contribution in [-0.4, -0.2) is 233 Å². The number of methoxy groups -OCH3 is 2. The van der Waals surface area contributed by atoms with Gasteiger partial charge in [0.25, 0.3) is 0 Å². The largest absolute Gasteiger partial charge is 0.479 e. The Kier molecular flexibility index (Phi) is 29.4. The fourth-order valence-electron chi connectivity index (χ4n) is 10.9. The van der Waals surface area contributed by atoms with Crippen molar-refractivity contribution in [3.05, 3.63) is 23.8 Å². The number of carboxylic acid groups (broad SMARTS) is 2. The van der Waals surface area contributed by atoms with Crippen molar-refractivity contribution in [3.8, 4) is 0 Å². The number of esters is 3. The summed E-state index contributed by atoms with van der Waals surface area (Å²) in [6, 6.07) is -0.786. The summed E-state index contributed by atoms with van der Waals surface area (Å²) in [7, 11) is 6.45. The zero-order valence-corrected chi connectivity index (χ0v) is 50.5. The number of rotatable bonds is 20. The Hall–Kier alpha value is -4.39. The average Bonchev–Trinajstić information content (AvgIpc) is 3.27. The third-order valence-electron chi connectivity index (χ3n) is 15.3. The third kappa shape index (κ3) is 20.9. The number of allylic oxidation sites excluding steroid dienone is 3. The molecule has 0 amide bonds. The Balaban J connectivity index is 0.00000164. The van der Waals surface area contributed by atoms with Gasteiger partial charge in [0.2, 0.25) is 0 Å². The number of aliphatic hydroxyl groups excluding tert-OH is 4. The van der Waals surface area contributed by atoms with Gasteiger partial charge in [-0.25, -0.2) is 9.59 Å². The monoisotopic (exact) mass is 1190 g/mol. The maximum atomic E-state index is 14.0. The van der Waals surface area contributed by atoms with E-state index >= 15 is 0 Å². The molecule has 3 saturated heterocycles. The summed E-state index contributed by atoms with van der Waals surface area (Å²) < 4.78 is 67.2. The number of ether oxygens (including phenoxy) is 11. The molecule has 0 aromatic heterocycles. The Morgan fingerprint density at radius 2 is 1.42 bits per heavy atom. The molecule has 0 saturated carbocycles. The molecule has 0 aromatic rings. The van der Waals surface area contributed by atoms with Gasteiger partial charge < -0.3 is 97.5 Å². The van der Waals surface area contributed by atoms with E-state index in [1.165, 1.54) is 34.1 Å². The van der Waals surface area contributed by atoms with E-state index in [2.05, 4.69) is 0 Å². The summed E-state index contributed by atoms with van der Waals surface area (Å²) in [6.45, 7) is 18.8. The van der Waals surface area contributed by atoms with Crippen molar-refractivity contribution in [1.82, 2.24) is 4.90 Å². The number of hydrogen-bond acceptors (Lipinski definition) is 24. The topological polar surface area (TPSA) is 366 Å². The van der Waals surface area contributed by atoms with Crippen molar-refractivity contribution < 1.29 is 121 Å². The number of aliphatic carboxylic acids is 2. The highest BCUT2D eigenvalue weighted by atomic mass is 16.7. The Labute approximate surface area is 485 Å².